The second-order valence-corrected chi connectivity index (χ2v) is 4.52. The molecule has 0 radical (unpaired) electrons. The number of hydrogen-bond acceptors (Lipinski definition) is 3. The van der Waals surface area contributed by atoms with Crippen molar-refractivity contribution in [1.82, 2.24) is 10.2 Å². The summed E-state index contributed by atoms with van der Waals surface area (Å²) in [6, 6.07) is 9.00. The minimum Gasteiger partial charge on any atom is -0.383 e. The van der Waals surface area contributed by atoms with Gasteiger partial charge in [0.1, 0.15) is 0 Å². The number of benzene rings is 1. The van der Waals surface area contributed by atoms with E-state index < -0.39 is 0 Å². The summed E-state index contributed by atoms with van der Waals surface area (Å²) in [6.07, 6.45) is 0. The van der Waals surface area contributed by atoms with Crippen LogP contribution in [0.25, 0.3) is 0 Å². The second kappa shape index (κ2) is 7.43. The minimum absolute atomic E-state index is 0.433. The normalized spacial score (nSPS) is 13.0. The first-order chi connectivity index (χ1) is 8.19. The standard InChI is InChI=1S/C14H24N2O/c1-12(11-17-4)16(3)10-14-8-6-5-7-13(14)9-15-2/h5-8,12,15H,9-11H2,1-4H3. The summed E-state index contributed by atoms with van der Waals surface area (Å²) in [6.45, 7) is 4.83. The van der Waals surface area contributed by atoms with E-state index in [4.69, 9.17) is 4.74 Å². The molecule has 1 aromatic rings. The Bertz CT molecular complexity index is 328. The number of nitrogens with zero attached hydrogens (tertiary/aromatic N) is 1. The number of hydrogen-bond donors (Lipinski definition) is 1. The van der Waals surface area contributed by atoms with E-state index in [1.54, 1.807) is 7.11 Å². The average molecular weight is 236 g/mol. The highest BCUT2D eigenvalue weighted by Crippen LogP contribution is 2.12. The Morgan fingerprint density at radius 2 is 1.94 bits per heavy atom. The van der Waals surface area contributed by atoms with Crippen LogP contribution in [0, 0.1) is 0 Å². The lowest BCUT2D eigenvalue weighted by Crippen LogP contribution is -2.32. The molecule has 0 fully saturated rings. The van der Waals surface area contributed by atoms with Crippen LogP contribution < -0.4 is 5.32 Å². The van der Waals surface area contributed by atoms with Crippen LogP contribution in [0.15, 0.2) is 24.3 Å². The van der Waals surface area contributed by atoms with Gasteiger partial charge in [-0.25, -0.2) is 0 Å². The van der Waals surface area contributed by atoms with Gasteiger partial charge in [0, 0.05) is 26.2 Å². The van der Waals surface area contributed by atoms with Crippen LogP contribution in [0.2, 0.25) is 0 Å². The van der Waals surface area contributed by atoms with Crippen molar-refractivity contribution in [3.8, 4) is 0 Å². The van der Waals surface area contributed by atoms with Crippen molar-refractivity contribution in [2.24, 2.45) is 0 Å². The van der Waals surface area contributed by atoms with Crippen molar-refractivity contribution in [3.05, 3.63) is 35.4 Å². The van der Waals surface area contributed by atoms with E-state index in [1.807, 2.05) is 7.05 Å². The van der Waals surface area contributed by atoms with Crippen LogP contribution in [0.3, 0.4) is 0 Å². The fourth-order valence-corrected chi connectivity index (χ4v) is 1.87. The van der Waals surface area contributed by atoms with Gasteiger partial charge in [-0.15, -0.1) is 0 Å². The van der Waals surface area contributed by atoms with E-state index in [-0.39, 0.29) is 0 Å². The molecular formula is C14H24N2O. The van der Waals surface area contributed by atoms with Gasteiger partial charge in [-0.05, 0) is 32.1 Å². The molecule has 1 rings (SSSR count). The number of likely N-dealkylation sites (N-methyl/N-ethyl adjacent to an activating group) is 1. The van der Waals surface area contributed by atoms with E-state index in [0.717, 1.165) is 19.7 Å². The molecule has 96 valence electrons. The van der Waals surface area contributed by atoms with Crippen LogP contribution in [0.1, 0.15) is 18.1 Å². The van der Waals surface area contributed by atoms with Gasteiger partial charge in [-0.2, -0.15) is 0 Å². The molecule has 1 atom stereocenters. The summed E-state index contributed by atoms with van der Waals surface area (Å²) in [7, 11) is 5.87. The third-order valence-corrected chi connectivity index (χ3v) is 3.07. The van der Waals surface area contributed by atoms with Gasteiger partial charge in [0.2, 0.25) is 0 Å². The Balaban J connectivity index is 2.66. The molecule has 0 bridgehead atoms. The lowest BCUT2D eigenvalue weighted by molar-refractivity contribution is 0.112. The van der Waals surface area contributed by atoms with E-state index in [2.05, 4.69) is 48.5 Å². The van der Waals surface area contributed by atoms with Crippen molar-refractivity contribution in [3.63, 3.8) is 0 Å². The zero-order chi connectivity index (χ0) is 12.7. The predicted octanol–water partition coefficient (Wildman–Crippen LogP) is 1.87. The van der Waals surface area contributed by atoms with E-state index in [0.29, 0.717) is 6.04 Å². The van der Waals surface area contributed by atoms with Crippen LogP contribution in [-0.2, 0) is 17.8 Å². The Morgan fingerprint density at radius 3 is 2.53 bits per heavy atom. The highest BCUT2D eigenvalue weighted by atomic mass is 16.5. The molecule has 1 N–H and O–H groups in total. The number of nitrogens with one attached hydrogen (secondary N) is 1. The Labute approximate surface area is 105 Å². The summed E-state index contributed by atoms with van der Waals surface area (Å²) in [5.41, 5.74) is 2.75. The lowest BCUT2D eigenvalue weighted by atomic mass is 10.1. The summed E-state index contributed by atoms with van der Waals surface area (Å²) in [5, 5.41) is 3.21. The molecule has 17 heavy (non-hydrogen) atoms. The van der Waals surface area contributed by atoms with Crippen molar-refractivity contribution in [1.29, 1.82) is 0 Å². The zero-order valence-electron chi connectivity index (χ0n) is 11.4. The number of ether oxygens (including phenoxy) is 1. The number of rotatable bonds is 7. The summed E-state index contributed by atoms with van der Waals surface area (Å²) in [4.78, 5) is 2.32. The summed E-state index contributed by atoms with van der Waals surface area (Å²) in [5.74, 6) is 0. The first-order valence-corrected chi connectivity index (χ1v) is 6.09. The van der Waals surface area contributed by atoms with Crippen LogP contribution in [0.5, 0.6) is 0 Å². The van der Waals surface area contributed by atoms with Crippen molar-refractivity contribution < 1.29 is 4.74 Å². The molecule has 0 saturated heterocycles. The monoisotopic (exact) mass is 236 g/mol. The Morgan fingerprint density at radius 1 is 1.29 bits per heavy atom. The molecule has 1 unspecified atom stereocenters. The fourth-order valence-electron chi connectivity index (χ4n) is 1.87. The molecule has 0 heterocycles. The first-order valence-electron chi connectivity index (χ1n) is 6.09. The highest BCUT2D eigenvalue weighted by Gasteiger charge is 2.10. The topological polar surface area (TPSA) is 24.5 Å². The second-order valence-electron chi connectivity index (χ2n) is 4.52. The van der Waals surface area contributed by atoms with E-state index in [9.17, 15) is 0 Å². The molecule has 0 aromatic heterocycles. The number of methoxy groups -OCH3 is 1. The molecule has 0 saturated carbocycles. The smallest absolute Gasteiger partial charge is 0.0615 e. The van der Waals surface area contributed by atoms with Crippen molar-refractivity contribution in [2.45, 2.75) is 26.1 Å². The molecule has 1 aromatic carbocycles. The summed E-state index contributed by atoms with van der Waals surface area (Å²) < 4.78 is 5.19. The Hall–Kier alpha value is -0.900. The minimum atomic E-state index is 0.433. The predicted molar refractivity (Wildman–Crippen MR) is 72.0 cm³/mol. The van der Waals surface area contributed by atoms with E-state index >= 15 is 0 Å². The maximum Gasteiger partial charge on any atom is 0.0615 e. The fraction of sp³-hybridized carbons (Fsp3) is 0.571. The largest absolute Gasteiger partial charge is 0.383 e. The Kier molecular flexibility index (Phi) is 6.19. The third kappa shape index (κ3) is 4.46. The van der Waals surface area contributed by atoms with Gasteiger partial charge in [0.25, 0.3) is 0 Å². The van der Waals surface area contributed by atoms with E-state index in [1.165, 1.54) is 11.1 Å². The van der Waals surface area contributed by atoms with Gasteiger partial charge in [-0.3, -0.25) is 4.90 Å². The molecule has 3 heteroatoms. The molecule has 3 nitrogen and oxygen atoms in total. The van der Waals surface area contributed by atoms with Gasteiger partial charge in [0.05, 0.1) is 6.61 Å². The van der Waals surface area contributed by atoms with Gasteiger partial charge >= 0.3 is 0 Å². The quantitative estimate of drug-likeness (QED) is 0.782. The van der Waals surface area contributed by atoms with Gasteiger partial charge in [0.15, 0.2) is 0 Å². The van der Waals surface area contributed by atoms with Crippen LogP contribution in [-0.4, -0.2) is 38.8 Å². The molecule has 0 aliphatic rings. The van der Waals surface area contributed by atoms with Crippen LogP contribution in [0.4, 0.5) is 0 Å². The SMILES string of the molecule is CNCc1ccccc1CN(C)C(C)COC. The van der Waals surface area contributed by atoms with Gasteiger partial charge in [-0.1, -0.05) is 24.3 Å². The average Bonchev–Trinajstić information content (AvgIpc) is 2.32. The van der Waals surface area contributed by atoms with Crippen molar-refractivity contribution >= 4 is 0 Å². The molecule has 0 aliphatic carbocycles. The van der Waals surface area contributed by atoms with Crippen molar-refractivity contribution in [2.75, 3.05) is 27.8 Å². The molecule has 0 amide bonds. The van der Waals surface area contributed by atoms with Gasteiger partial charge < -0.3 is 10.1 Å². The highest BCUT2D eigenvalue weighted by molar-refractivity contribution is 5.26. The zero-order valence-corrected chi connectivity index (χ0v) is 11.4. The first kappa shape index (κ1) is 14.2. The van der Waals surface area contributed by atoms with Crippen LogP contribution >= 0.6 is 0 Å². The maximum absolute atomic E-state index is 5.19. The molecular weight excluding hydrogens is 212 g/mol. The molecule has 0 spiro atoms. The maximum atomic E-state index is 5.19. The third-order valence-electron chi connectivity index (χ3n) is 3.07. The lowest BCUT2D eigenvalue weighted by Gasteiger charge is -2.25. The molecule has 0 aliphatic heterocycles. The summed E-state index contributed by atoms with van der Waals surface area (Å²) >= 11 is 0.